The molecule has 6 heteroatoms. The van der Waals surface area contributed by atoms with Crippen molar-refractivity contribution in [3.8, 4) is 5.75 Å². The zero-order chi connectivity index (χ0) is 18.4. The van der Waals surface area contributed by atoms with Crippen LogP contribution in [0.4, 0.5) is 4.79 Å². The standard InChI is InChI=1S/C19H29N3O3/c1-5-10-20-18(24)22-13-11-21(12-14-22)17(23)15-6-8-16(9-7-15)25-19(2,3)4/h6-9H,5,10-14H2,1-4H3,(H,20,24). The van der Waals surface area contributed by atoms with Gasteiger partial charge >= 0.3 is 6.03 Å². The quantitative estimate of drug-likeness (QED) is 0.911. The third kappa shape index (κ3) is 5.66. The van der Waals surface area contributed by atoms with E-state index in [-0.39, 0.29) is 17.5 Å². The van der Waals surface area contributed by atoms with E-state index in [0.717, 1.165) is 12.2 Å². The lowest BCUT2D eigenvalue weighted by Gasteiger charge is -2.34. The number of ether oxygens (including phenoxy) is 1. The van der Waals surface area contributed by atoms with Crippen molar-refractivity contribution in [1.82, 2.24) is 15.1 Å². The minimum atomic E-state index is -0.264. The molecule has 2 rings (SSSR count). The van der Waals surface area contributed by atoms with E-state index in [0.29, 0.717) is 38.3 Å². The highest BCUT2D eigenvalue weighted by Gasteiger charge is 2.24. The number of carbonyl (C=O) groups excluding carboxylic acids is 2. The van der Waals surface area contributed by atoms with Gasteiger partial charge in [-0.1, -0.05) is 6.92 Å². The van der Waals surface area contributed by atoms with Crippen molar-refractivity contribution in [3.05, 3.63) is 29.8 Å². The van der Waals surface area contributed by atoms with E-state index in [2.05, 4.69) is 5.32 Å². The maximum atomic E-state index is 12.6. The Labute approximate surface area is 150 Å². The Kier molecular flexibility index (Phi) is 6.28. The number of amides is 3. The number of nitrogens with zero attached hydrogens (tertiary/aromatic N) is 2. The predicted molar refractivity (Wildman–Crippen MR) is 98.0 cm³/mol. The van der Waals surface area contributed by atoms with Crippen molar-refractivity contribution in [2.24, 2.45) is 0 Å². The number of benzene rings is 1. The lowest BCUT2D eigenvalue weighted by atomic mass is 10.1. The van der Waals surface area contributed by atoms with Crippen LogP contribution in [0.25, 0.3) is 0 Å². The van der Waals surface area contributed by atoms with Crippen LogP contribution in [0, 0.1) is 0 Å². The monoisotopic (exact) mass is 347 g/mol. The number of carbonyl (C=O) groups is 2. The molecule has 1 N–H and O–H groups in total. The zero-order valence-electron chi connectivity index (χ0n) is 15.7. The molecule has 0 aliphatic carbocycles. The van der Waals surface area contributed by atoms with E-state index in [1.165, 1.54) is 0 Å². The molecule has 1 aromatic rings. The van der Waals surface area contributed by atoms with Crippen LogP contribution in [-0.2, 0) is 0 Å². The van der Waals surface area contributed by atoms with E-state index in [4.69, 9.17) is 4.74 Å². The molecule has 1 aliphatic heterocycles. The highest BCUT2D eigenvalue weighted by atomic mass is 16.5. The van der Waals surface area contributed by atoms with Crippen LogP contribution in [-0.4, -0.2) is 60.1 Å². The zero-order valence-corrected chi connectivity index (χ0v) is 15.7. The highest BCUT2D eigenvalue weighted by molar-refractivity contribution is 5.94. The number of hydrogen-bond donors (Lipinski definition) is 1. The Hall–Kier alpha value is -2.24. The first-order valence-electron chi connectivity index (χ1n) is 8.91. The first-order chi connectivity index (χ1) is 11.8. The number of hydrogen-bond acceptors (Lipinski definition) is 3. The van der Waals surface area contributed by atoms with Gasteiger partial charge in [0.1, 0.15) is 11.4 Å². The van der Waals surface area contributed by atoms with Gasteiger partial charge in [0.15, 0.2) is 0 Å². The summed E-state index contributed by atoms with van der Waals surface area (Å²) in [5, 5.41) is 2.87. The number of nitrogens with one attached hydrogen (secondary N) is 1. The molecule has 1 heterocycles. The van der Waals surface area contributed by atoms with Gasteiger partial charge in [-0.25, -0.2) is 4.79 Å². The summed E-state index contributed by atoms with van der Waals surface area (Å²) in [6, 6.07) is 7.20. The van der Waals surface area contributed by atoms with Gasteiger partial charge in [-0.2, -0.15) is 0 Å². The Morgan fingerprint density at radius 2 is 1.60 bits per heavy atom. The van der Waals surface area contributed by atoms with Crippen LogP contribution in [0.1, 0.15) is 44.5 Å². The van der Waals surface area contributed by atoms with Crippen LogP contribution >= 0.6 is 0 Å². The fourth-order valence-electron chi connectivity index (χ4n) is 2.66. The molecule has 0 saturated carbocycles. The van der Waals surface area contributed by atoms with Crippen molar-refractivity contribution in [2.75, 3.05) is 32.7 Å². The van der Waals surface area contributed by atoms with Gasteiger partial charge in [0.25, 0.3) is 5.91 Å². The highest BCUT2D eigenvalue weighted by Crippen LogP contribution is 2.19. The Balaban J connectivity index is 1.89. The Bertz CT molecular complexity index is 585. The molecule has 25 heavy (non-hydrogen) atoms. The van der Waals surface area contributed by atoms with Gasteiger partial charge in [-0.15, -0.1) is 0 Å². The molecule has 0 atom stereocenters. The molecule has 0 bridgehead atoms. The van der Waals surface area contributed by atoms with E-state index in [9.17, 15) is 9.59 Å². The summed E-state index contributed by atoms with van der Waals surface area (Å²) in [6.45, 7) is 10.9. The van der Waals surface area contributed by atoms with Crippen LogP contribution in [0.15, 0.2) is 24.3 Å². The summed E-state index contributed by atoms with van der Waals surface area (Å²) in [6.07, 6.45) is 0.916. The summed E-state index contributed by atoms with van der Waals surface area (Å²) < 4.78 is 5.78. The lowest BCUT2D eigenvalue weighted by molar-refractivity contribution is 0.0665. The van der Waals surface area contributed by atoms with Gasteiger partial charge in [-0.05, 0) is 51.5 Å². The van der Waals surface area contributed by atoms with Gasteiger partial charge in [0, 0.05) is 38.3 Å². The molecule has 1 fully saturated rings. The second-order valence-corrected chi connectivity index (χ2v) is 7.25. The van der Waals surface area contributed by atoms with Crippen molar-refractivity contribution in [2.45, 2.75) is 39.7 Å². The topological polar surface area (TPSA) is 61.9 Å². The number of rotatable bonds is 4. The Morgan fingerprint density at radius 1 is 1.04 bits per heavy atom. The average molecular weight is 347 g/mol. The van der Waals surface area contributed by atoms with Crippen LogP contribution in [0.5, 0.6) is 5.75 Å². The molecule has 6 nitrogen and oxygen atoms in total. The first kappa shape index (κ1) is 19.1. The molecule has 1 saturated heterocycles. The molecular weight excluding hydrogens is 318 g/mol. The molecule has 1 aromatic carbocycles. The summed E-state index contributed by atoms with van der Waals surface area (Å²) in [5.74, 6) is 0.748. The fourth-order valence-corrected chi connectivity index (χ4v) is 2.66. The van der Waals surface area contributed by atoms with E-state index in [1.54, 1.807) is 21.9 Å². The van der Waals surface area contributed by atoms with Gasteiger partial charge < -0.3 is 19.9 Å². The van der Waals surface area contributed by atoms with Crippen LogP contribution in [0.3, 0.4) is 0 Å². The van der Waals surface area contributed by atoms with Gasteiger partial charge in [0.05, 0.1) is 0 Å². The summed E-state index contributed by atoms with van der Waals surface area (Å²) in [7, 11) is 0. The number of piperazine rings is 1. The minimum absolute atomic E-state index is 0.00377. The molecule has 1 aliphatic rings. The molecular formula is C19H29N3O3. The summed E-state index contributed by atoms with van der Waals surface area (Å²) in [5.41, 5.74) is 0.380. The average Bonchev–Trinajstić information content (AvgIpc) is 2.58. The largest absolute Gasteiger partial charge is 0.488 e. The molecule has 138 valence electrons. The molecule has 3 amide bonds. The lowest BCUT2D eigenvalue weighted by Crippen LogP contribution is -2.53. The van der Waals surface area contributed by atoms with Crippen molar-refractivity contribution < 1.29 is 14.3 Å². The SMILES string of the molecule is CCCNC(=O)N1CCN(C(=O)c2ccc(OC(C)(C)C)cc2)CC1. The summed E-state index contributed by atoms with van der Waals surface area (Å²) >= 11 is 0. The predicted octanol–water partition coefficient (Wildman–Crippen LogP) is 2.74. The van der Waals surface area contributed by atoms with E-state index in [1.807, 2.05) is 39.8 Å². The Morgan fingerprint density at radius 3 is 2.12 bits per heavy atom. The normalized spacial score (nSPS) is 15.0. The molecule has 0 radical (unpaired) electrons. The fraction of sp³-hybridized carbons (Fsp3) is 0.579. The molecule has 0 unspecified atom stereocenters. The number of urea groups is 1. The van der Waals surface area contributed by atoms with Crippen molar-refractivity contribution in [3.63, 3.8) is 0 Å². The van der Waals surface area contributed by atoms with Crippen molar-refractivity contribution in [1.29, 1.82) is 0 Å². The minimum Gasteiger partial charge on any atom is -0.488 e. The van der Waals surface area contributed by atoms with E-state index < -0.39 is 0 Å². The third-order valence-corrected chi connectivity index (χ3v) is 3.91. The van der Waals surface area contributed by atoms with Crippen molar-refractivity contribution >= 4 is 11.9 Å². The molecule has 0 spiro atoms. The maximum Gasteiger partial charge on any atom is 0.317 e. The molecule has 0 aromatic heterocycles. The smallest absolute Gasteiger partial charge is 0.317 e. The van der Waals surface area contributed by atoms with Gasteiger partial charge in [-0.3, -0.25) is 4.79 Å². The first-order valence-corrected chi connectivity index (χ1v) is 8.91. The second-order valence-electron chi connectivity index (χ2n) is 7.25. The summed E-state index contributed by atoms with van der Waals surface area (Å²) in [4.78, 5) is 28.1. The van der Waals surface area contributed by atoms with E-state index >= 15 is 0 Å². The van der Waals surface area contributed by atoms with Gasteiger partial charge in [0.2, 0.25) is 0 Å². The maximum absolute atomic E-state index is 12.6. The van der Waals surface area contributed by atoms with Crippen LogP contribution in [0.2, 0.25) is 0 Å². The second kappa shape index (κ2) is 8.23. The third-order valence-electron chi connectivity index (χ3n) is 3.91. The van der Waals surface area contributed by atoms with Crippen LogP contribution < -0.4 is 10.1 Å².